The van der Waals surface area contributed by atoms with E-state index in [1.807, 2.05) is 38.1 Å². The number of carbonyl (C=O) groups excluding carboxylic acids is 1. The summed E-state index contributed by atoms with van der Waals surface area (Å²) in [6.07, 6.45) is 0.848. The van der Waals surface area contributed by atoms with Gasteiger partial charge < -0.3 is 15.1 Å². The van der Waals surface area contributed by atoms with Gasteiger partial charge >= 0.3 is 0 Å². The van der Waals surface area contributed by atoms with Gasteiger partial charge in [-0.2, -0.15) is 0 Å². The van der Waals surface area contributed by atoms with Crippen LogP contribution in [0.5, 0.6) is 11.5 Å². The molecule has 0 aliphatic carbocycles. The van der Waals surface area contributed by atoms with Crippen LogP contribution in [-0.4, -0.2) is 21.0 Å². The Bertz CT molecular complexity index is 729. The molecule has 0 bridgehead atoms. The number of rotatable bonds is 3. The van der Waals surface area contributed by atoms with E-state index in [4.69, 9.17) is 0 Å². The van der Waals surface area contributed by atoms with E-state index in [1.165, 1.54) is 6.07 Å². The van der Waals surface area contributed by atoms with Crippen LogP contribution in [0.1, 0.15) is 53.2 Å². The molecule has 1 heterocycles. The zero-order chi connectivity index (χ0) is 16.6. The normalized spacial score (nSPS) is 14.6. The van der Waals surface area contributed by atoms with E-state index < -0.39 is 0 Å². The van der Waals surface area contributed by atoms with Crippen molar-refractivity contribution in [1.29, 1.82) is 0 Å². The molecular formula is C19H21NO3. The number of aromatic hydroxyl groups is 2. The Balaban J connectivity index is 1.92. The van der Waals surface area contributed by atoms with Crippen molar-refractivity contribution in [2.45, 2.75) is 39.3 Å². The van der Waals surface area contributed by atoms with Crippen molar-refractivity contribution >= 4 is 5.91 Å². The van der Waals surface area contributed by atoms with Gasteiger partial charge in [-0.05, 0) is 35.1 Å². The summed E-state index contributed by atoms with van der Waals surface area (Å²) in [5.41, 5.74) is 3.24. The van der Waals surface area contributed by atoms with Crippen molar-refractivity contribution in [2.24, 2.45) is 0 Å². The molecule has 0 spiro atoms. The van der Waals surface area contributed by atoms with Crippen LogP contribution in [0.25, 0.3) is 0 Å². The van der Waals surface area contributed by atoms with E-state index in [9.17, 15) is 15.0 Å². The van der Waals surface area contributed by atoms with Crippen LogP contribution >= 0.6 is 0 Å². The van der Waals surface area contributed by atoms with Gasteiger partial charge in [0.15, 0.2) is 0 Å². The Kier molecular flexibility index (Phi) is 3.99. The Morgan fingerprint density at radius 1 is 1.13 bits per heavy atom. The average Bonchev–Trinajstić information content (AvgIpc) is 2.97. The SMILES string of the molecule is CC[C@H](C)c1cc(C(=O)N2Cc3ccccc3C2)c(O)cc1O. The molecule has 0 radical (unpaired) electrons. The minimum Gasteiger partial charge on any atom is -0.508 e. The van der Waals surface area contributed by atoms with Crippen LogP contribution in [0.4, 0.5) is 0 Å². The van der Waals surface area contributed by atoms with E-state index >= 15 is 0 Å². The molecule has 120 valence electrons. The third kappa shape index (κ3) is 2.77. The van der Waals surface area contributed by atoms with Crippen LogP contribution < -0.4 is 0 Å². The summed E-state index contributed by atoms with van der Waals surface area (Å²) in [4.78, 5) is 14.5. The molecule has 3 rings (SSSR count). The fourth-order valence-electron chi connectivity index (χ4n) is 3.03. The topological polar surface area (TPSA) is 60.8 Å². The molecule has 2 aromatic carbocycles. The lowest BCUT2D eigenvalue weighted by molar-refractivity contribution is 0.0748. The van der Waals surface area contributed by atoms with E-state index in [2.05, 4.69) is 0 Å². The Morgan fingerprint density at radius 3 is 2.30 bits per heavy atom. The standard InChI is InChI=1S/C19H21NO3/c1-3-12(2)15-8-16(18(22)9-17(15)21)19(23)20-10-13-6-4-5-7-14(13)11-20/h4-9,12,21-22H,3,10-11H2,1-2H3/t12-/m0/s1. The Labute approximate surface area is 136 Å². The second-order valence-corrected chi connectivity index (χ2v) is 6.17. The van der Waals surface area contributed by atoms with Crippen LogP contribution in [0.3, 0.4) is 0 Å². The quantitative estimate of drug-likeness (QED) is 0.907. The molecule has 1 aliphatic rings. The van der Waals surface area contributed by atoms with Crippen LogP contribution in [0.15, 0.2) is 36.4 Å². The summed E-state index contributed by atoms with van der Waals surface area (Å²) in [5, 5.41) is 20.1. The number of amides is 1. The number of phenolic OH excluding ortho intramolecular Hbond substituents is 2. The highest BCUT2D eigenvalue weighted by Crippen LogP contribution is 2.35. The summed E-state index contributed by atoms with van der Waals surface area (Å²) < 4.78 is 0. The van der Waals surface area contributed by atoms with Crippen molar-refractivity contribution in [3.63, 3.8) is 0 Å². The molecule has 1 atom stereocenters. The number of hydrogen-bond acceptors (Lipinski definition) is 3. The lowest BCUT2D eigenvalue weighted by Gasteiger charge is -2.19. The first-order chi connectivity index (χ1) is 11.0. The molecule has 0 aromatic heterocycles. The maximum absolute atomic E-state index is 12.8. The van der Waals surface area contributed by atoms with Gasteiger partial charge in [0.2, 0.25) is 0 Å². The fourth-order valence-corrected chi connectivity index (χ4v) is 3.03. The molecular weight excluding hydrogens is 290 g/mol. The van der Waals surface area contributed by atoms with Crippen molar-refractivity contribution < 1.29 is 15.0 Å². The van der Waals surface area contributed by atoms with Crippen LogP contribution in [0, 0.1) is 0 Å². The number of hydrogen-bond donors (Lipinski definition) is 2. The number of carbonyl (C=O) groups is 1. The largest absolute Gasteiger partial charge is 0.508 e. The first-order valence-electron chi connectivity index (χ1n) is 7.93. The minimum absolute atomic E-state index is 0.0399. The van der Waals surface area contributed by atoms with Gasteiger partial charge in [-0.25, -0.2) is 0 Å². The summed E-state index contributed by atoms with van der Waals surface area (Å²) in [6, 6.07) is 10.9. The molecule has 0 fully saturated rings. The number of benzene rings is 2. The van der Waals surface area contributed by atoms with Gasteiger partial charge in [0.1, 0.15) is 11.5 Å². The second kappa shape index (κ2) is 5.95. The smallest absolute Gasteiger partial charge is 0.258 e. The number of nitrogens with zero attached hydrogens (tertiary/aromatic N) is 1. The molecule has 1 amide bonds. The predicted octanol–water partition coefficient (Wildman–Crippen LogP) is 3.77. The lowest BCUT2D eigenvalue weighted by atomic mass is 9.95. The van der Waals surface area contributed by atoms with Gasteiger partial charge in [0, 0.05) is 19.2 Å². The van der Waals surface area contributed by atoms with E-state index in [-0.39, 0.29) is 28.9 Å². The minimum atomic E-state index is -0.205. The number of phenols is 2. The van der Waals surface area contributed by atoms with E-state index in [0.29, 0.717) is 18.7 Å². The van der Waals surface area contributed by atoms with Crippen LogP contribution in [0.2, 0.25) is 0 Å². The maximum atomic E-state index is 12.8. The summed E-state index contributed by atoms with van der Waals surface area (Å²) in [6.45, 7) is 5.11. The third-order valence-electron chi connectivity index (χ3n) is 4.65. The Morgan fingerprint density at radius 2 is 1.74 bits per heavy atom. The molecule has 2 N–H and O–H groups in total. The predicted molar refractivity (Wildman–Crippen MR) is 88.5 cm³/mol. The lowest BCUT2D eigenvalue weighted by Crippen LogP contribution is -2.25. The molecule has 4 heteroatoms. The van der Waals surface area contributed by atoms with Gasteiger partial charge in [0.05, 0.1) is 5.56 Å². The monoisotopic (exact) mass is 311 g/mol. The van der Waals surface area contributed by atoms with Crippen molar-refractivity contribution in [3.8, 4) is 11.5 Å². The maximum Gasteiger partial charge on any atom is 0.258 e. The average molecular weight is 311 g/mol. The molecule has 0 saturated heterocycles. The van der Waals surface area contributed by atoms with Gasteiger partial charge in [-0.1, -0.05) is 38.1 Å². The molecule has 0 unspecified atom stereocenters. The molecule has 4 nitrogen and oxygen atoms in total. The molecule has 0 saturated carbocycles. The van der Waals surface area contributed by atoms with Crippen molar-refractivity contribution in [1.82, 2.24) is 4.90 Å². The third-order valence-corrected chi connectivity index (χ3v) is 4.65. The summed E-state index contributed by atoms with van der Waals surface area (Å²) in [5.74, 6) is -0.213. The van der Waals surface area contributed by atoms with E-state index in [0.717, 1.165) is 17.5 Å². The highest BCUT2D eigenvalue weighted by molar-refractivity contribution is 5.97. The second-order valence-electron chi connectivity index (χ2n) is 6.17. The van der Waals surface area contributed by atoms with Gasteiger partial charge in [-0.3, -0.25) is 4.79 Å². The van der Waals surface area contributed by atoms with Crippen molar-refractivity contribution in [3.05, 3.63) is 58.7 Å². The zero-order valence-corrected chi connectivity index (χ0v) is 13.4. The molecule has 23 heavy (non-hydrogen) atoms. The summed E-state index contributed by atoms with van der Waals surface area (Å²) >= 11 is 0. The van der Waals surface area contributed by atoms with Crippen LogP contribution in [-0.2, 0) is 13.1 Å². The highest BCUT2D eigenvalue weighted by atomic mass is 16.3. The first-order valence-corrected chi connectivity index (χ1v) is 7.93. The van der Waals surface area contributed by atoms with Crippen molar-refractivity contribution in [2.75, 3.05) is 0 Å². The highest BCUT2D eigenvalue weighted by Gasteiger charge is 2.27. The van der Waals surface area contributed by atoms with Gasteiger partial charge in [-0.15, -0.1) is 0 Å². The molecule has 1 aliphatic heterocycles. The Hall–Kier alpha value is -2.49. The fraction of sp³-hybridized carbons (Fsp3) is 0.316. The van der Waals surface area contributed by atoms with E-state index in [1.54, 1.807) is 11.0 Å². The summed E-state index contributed by atoms with van der Waals surface area (Å²) in [7, 11) is 0. The zero-order valence-electron chi connectivity index (χ0n) is 13.4. The first kappa shape index (κ1) is 15.4. The molecule has 2 aromatic rings. The number of fused-ring (bicyclic) bond motifs is 1. The van der Waals surface area contributed by atoms with Gasteiger partial charge in [0.25, 0.3) is 5.91 Å².